The number of likely N-dealkylation sites (tertiary alicyclic amines) is 1. The number of carbonyl (C=O) groups is 1. The minimum atomic E-state index is -3.58. The van der Waals surface area contributed by atoms with Gasteiger partial charge < -0.3 is 29.1 Å². The Kier molecular flexibility index (Phi) is 10.3. The SMILES string of the molecule is C[C@@H]1COC[C@@H](C)N1C(=O)c1cc(F)ccc1Oc1cncnc1N1CC2(CCN(C[C@@]3(O)CC[C@@H](NS(=O)(=O)N4CCC[C@@H]4C)CO3)CC2)C1. The Balaban J connectivity index is 0.926. The molecule has 6 heterocycles. The monoisotopic (exact) mass is 731 g/mol. The lowest BCUT2D eigenvalue weighted by Crippen LogP contribution is -2.62. The number of morpholine rings is 1. The summed E-state index contributed by atoms with van der Waals surface area (Å²) in [6, 6.07) is 3.26. The number of halogens is 1. The Morgan fingerprint density at radius 3 is 2.45 bits per heavy atom. The minimum absolute atomic E-state index is 0.00839. The number of amides is 1. The number of anilines is 1. The van der Waals surface area contributed by atoms with Gasteiger partial charge in [-0.3, -0.25) is 9.69 Å². The van der Waals surface area contributed by atoms with Gasteiger partial charge in [-0.1, -0.05) is 0 Å². The second kappa shape index (κ2) is 14.4. The normalized spacial score (nSPS) is 30.4. The van der Waals surface area contributed by atoms with Gasteiger partial charge in [0, 0.05) is 43.6 Å². The van der Waals surface area contributed by atoms with Crippen LogP contribution in [0.3, 0.4) is 0 Å². The molecular weight excluding hydrogens is 681 g/mol. The Morgan fingerprint density at radius 2 is 1.78 bits per heavy atom. The summed E-state index contributed by atoms with van der Waals surface area (Å²) in [5.41, 5.74) is 0.222. The van der Waals surface area contributed by atoms with Crippen LogP contribution < -0.4 is 14.4 Å². The lowest BCUT2D eigenvalue weighted by atomic mass is 9.72. The second-order valence-corrected chi connectivity index (χ2v) is 16.9. The molecule has 1 spiro atoms. The average Bonchev–Trinajstić information content (AvgIpc) is 3.53. The Bertz CT molecular complexity index is 1670. The van der Waals surface area contributed by atoms with Crippen LogP contribution in [0.5, 0.6) is 11.5 Å². The summed E-state index contributed by atoms with van der Waals surface area (Å²) >= 11 is 0. The van der Waals surface area contributed by atoms with E-state index in [1.807, 2.05) is 20.8 Å². The number of nitrogens with zero attached hydrogens (tertiary/aromatic N) is 6. The molecule has 0 unspecified atom stereocenters. The van der Waals surface area contributed by atoms with Gasteiger partial charge in [0.15, 0.2) is 17.4 Å². The highest BCUT2D eigenvalue weighted by atomic mass is 32.2. The van der Waals surface area contributed by atoms with Crippen molar-refractivity contribution in [3.05, 3.63) is 42.1 Å². The van der Waals surface area contributed by atoms with E-state index in [0.29, 0.717) is 50.7 Å². The Hall–Kier alpha value is -2.99. The van der Waals surface area contributed by atoms with Crippen molar-refractivity contribution in [1.29, 1.82) is 0 Å². The average molecular weight is 732 g/mol. The van der Waals surface area contributed by atoms with Crippen molar-refractivity contribution < 1.29 is 36.9 Å². The third-order valence-electron chi connectivity index (χ3n) is 11.2. The molecule has 2 N–H and O–H groups in total. The molecule has 1 amide bonds. The summed E-state index contributed by atoms with van der Waals surface area (Å²) in [6.07, 6.45) is 7.50. The molecule has 0 radical (unpaired) electrons. The zero-order valence-electron chi connectivity index (χ0n) is 29.7. The van der Waals surface area contributed by atoms with Gasteiger partial charge in [0.25, 0.3) is 16.1 Å². The first-order chi connectivity index (χ1) is 24.3. The van der Waals surface area contributed by atoms with Gasteiger partial charge in [0.2, 0.25) is 0 Å². The zero-order chi connectivity index (χ0) is 36.0. The maximum atomic E-state index is 14.5. The third-order valence-corrected chi connectivity index (χ3v) is 13.0. The Morgan fingerprint density at radius 1 is 1.04 bits per heavy atom. The van der Waals surface area contributed by atoms with Crippen LogP contribution in [0.2, 0.25) is 0 Å². The molecule has 5 fully saturated rings. The summed E-state index contributed by atoms with van der Waals surface area (Å²) in [5.74, 6) is -0.921. The van der Waals surface area contributed by atoms with Crippen LogP contribution in [-0.4, -0.2) is 133 Å². The van der Waals surface area contributed by atoms with Crippen molar-refractivity contribution in [1.82, 2.24) is 28.8 Å². The molecule has 2 aromatic rings. The highest BCUT2D eigenvalue weighted by Crippen LogP contribution is 2.45. The van der Waals surface area contributed by atoms with Gasteiger partial charge in [-0.15, -0.1) is 0 Å². The number of aromatic nitrogens is 2. The van der Waals surface area contributed by atoms with Crippen LogP contribution in [0.1, 0.15) is 69.7 Å². The van der Waals surface area contributed by atoms with Gasteiger partial charge in [0.1, 0.15) is 17.9 Å². The molecule has 5 atom stereocenters. The highest BCUT2D eigenvalue weighted by Gasteiger charge is 2.48. The van der Waals surface area contributed by atoms with Gasteiger partial charge >= 0.3 is 0 Å². The number of β-amino-alcohol motifs (C(OH)–C–C–N with tert-alkyl or cyclic N) is 1. The number of hydrogen-bond acceptors (Lipinski definition) is 11. The Labute approximate surface area is 299 Å². The molecule has 1 aromatic carbocycles. The highest BCUT2D eigenvalue weighted by molar-refractivity contribution is 7.87. The van der Waals surface area contributed by atoms with E-state index in [9.17, 15) is 22.7 Å². The van der Waals surface area contributed by atoms with E-state index < -0.39 is 21.8 Å². The topological polar surface area (TPSA) is 150 Å². The zero-order valence-corrected chi connectivity index (χ0v) is 30.5. The number of ether oxygens (including phenoxy) is 3. The first-order valence-corrected chi connectivity index (χ1v) is 19.6. The predicted molar refractivity (Wildman–Crippen MR) is 186 cm³/mol. The fourth-order valence-electron chi connectivity index (χ4n) is 8.38. The number of hydrogen-bond donors (Lipinski definition) is 2. The van der Waals surface area contributed by atoms with Crippen molar-refractivity contribution in [3.8, 4) is 11.5 Å². The molecule has 1 aromatic heterocycles. The number of carbonyl (C=O) groups excluding carboxylic acids is 1. The van der Waals surface area contributed by atoms with Crippen LogP contribution in [0.4, 0.5) is 10.2 Å². The number of rotatable bonds is 9. The van der Waals surface area contributed by atoms with Crippen molar-refractivity contribution in [2.75, 3.05) is 64.0 Å². The van der Waals surface area contributed by atoms with E-state index in [1.54, 1.807) is 11.1 Å². The van der Waals surface area contributed by atoms with Crippen LogP contribution >= 0.6 is 0 Å². The lowest BCUT2D eigenvalue weighted by Gasteiger charge is -2.55. The van der Waals surface area contributed by atoms with Crippen LogP contribution in [-0.2, 0) is 19.7 Å². The summed E-state index contributed by atoms with van der Waals surface area (Å²) < 4.78 is 62.3. The van der Waals surface area contributed by atoms with E-state index in [1.165, 1.54) is 28.8 Å². The molecule has 16 heteroatoms. The summed E-state index contributed by atoms with van der Waals surface area (Å²) in [4.78, 5) is 28.5. The van der Waals surface area contributed by atoms with E-state index in [4.69, 9.17) is 14.2 Å². The molecule has 5 saturated heterocycles. The van der Waals surface area contributed by atoms with E-state index in [0.717, 1.165) is 51.9 Å². The number of aliphatic hydroxyl groups is 1. The largest absolute Gasteiger partial charge is 0.451 e. The van der Waals surface area contributed by atoms with Crippen LogP contribution in [0.25, 0.3) is 0 Å². The van der Waals surface area contributed by atoms with Crippen molar-refractivity contribution >= 4 is 21.9 Å². The van der Waals surface area contributed by atoms with Gasteiger partial charge in [0.05, 0.1) is 50.2 Å². The van der Waals surface area contributed by atoms with Gasteiger partial charge in [-0.25, -0.2) is 14.4 Å². The molecule has 7 rings (SSSR count). The fourth-order valence-corrected chi connectivity index (χ4v) is 10.1. The van der Waals surface area contributed by atoms with Crippen molar-refractivity contribution in [2.45, 2.75) is 89.3 Å². The van der Waals surface area contributed by atoms with Crippen molar-refractivity contribution in [3.63, 3.8) is 0 Å². The van der Waals surface area contributed by atoms with E-state index in [2.05, 4.69) is 24.5 Å². The first-order valence-electron chi connectivity index (χ1n) is 18.1. The quantitative estimate of drug-likeness (QED) is 0.392. The standard InChI is InChI=1S/C35H50FN7O7S/c1-24-5-4-12-42(24)51(46,47)39-28-8-9-35(45,49-19-28)22-40-13-10-34(11-14-40)20-41(21-34)32-31(16-37-23-38-32)50-30-7-6-27(36)15-29(30)33(44)43-25(2)17-48-18-26(43)3/h6-7,15-16,23-26,28,39,45H,4-5,8-14,17-22H2,1-3H3/t24-,25+,26+,28+,35+/m0/s1. The molecule has 5 aliphatic rings. The van der Waals surface area contributed by atoms with Gasteiger partial charge in [-0.2, -0.15) is 17.4 Å². The molecule has 51 heavy (non-hydrogen) atoms. The molecule has 0 bridgehead atoms. The van der Waals surface area contributed by atoms with E-state index in [-0.39, 0.29) is 53.4 Å². The maximum absolute atomic E-state index is 14.5. The number of benzene rings is 1. The molecule has 14 nitrogen and oxygen atoms in total. The molecule has 5 aliphatic heterocycles. The minimum Gasteiger partial charge on any atom is -0.451 e. The lowest BCUT2D eigenvalue weighted by molar-refractivity contribution is -0.239. The second-order valence-electron chi connectivity index (χ2n) is 15.3. The summed E-state index contributed by atoms with van der Waals surface area (Å²) in [5, 5.41) is 11.3. The van der Waals surface area contributed by atoms with Crippen molar-refractivity contribution in [2.24, 2.45) is 5.41 Å². The van der Waals surface area contributed by atoms with Gasteiger partial charge in [-0.05, 0) is 84.2 Å². The summed E-state index contributed by atoms with van der Waals surface area (Å²) in [6.45, 7) is 10.7. The fraction of sp³-hybridized carbons (Fsp3) is 0.686. The first kappa shape index (κ1) is 36.4. The third kappa shape index (κ3) is 7.73. The van der Waals surface area contributed by atoms with E-state index >= 15 is 0 Å². The summed E-state index contributed by atoms with van der Waals surface area (Å²) in [7, 11) is -3.58. The van der Waals surface area contributed by atoms with Crippen LogP contribution in [0.15, 0.2) is 30.7 Å². The number of nitrogens with one attached hydrogen (secondary N) is 1. The smallest absolute Gasteiger partial charge is 0.280 e. The molecule has 0 saturated carbocycles. The predicted octanol–water partition coefficient (Wildman–Crippen LogP) is 2.75. The van der Waals surface area contributed by atoms with Crippen LogP contribution in [0, 0.1) is 11.2 Å². The number of piperidine rings is 1. The maximum Gasteiger partial charge on any atom is 0.280 e. The molecular formula is C35H50FN7O7S. The molecule has 0 aliphatic carbocycles. The molecule has 280 valence electrons.